The molecular formula is C27H35N5O3. The number of likely N-dealkylation sites (tertiary alicyclic amines) is 1. The molecule has 0 spiro atoms. The van der Waals surface area contributed by atoms with Crippen molar-refractivity contribution in [3.05, 3.63) is 53.3 Å². The van der Waals surface area contributed by atoms with E-state index < -0.39 is 6.04 Å². The molecule has 1 saturated carbocycles. The molecule has 3 aliphatic rings. The second-order valence-electron chi connectivity index (χ2n) is 10.1. The van der Waals surface area contributed by atoms with Gasteiger partial charge in [0.05, 0.1) is 0 Å². The lowest BCUT2D eigenvalue weighted by molar-refractivity contribution is -0.127. The zero-order valence-electron chi connectivity index (χ0n) is 20.3. The molecule has 186 valence electrons. The monoisotopic (exact) mass is 477 g/mol. The molecule has 0 radical (unpaired) electrons. The van der Waals surface area contributed by atoms with E-state index in [0.29, 0.717) is 38.3 Å². The smallest absolute Gasteiger partial charge is 0.275 e. The third-order valence-electron chi connectivity index (χ3n) is 7.54. The first kappa shape index (κ1) is 23.6. The summed E-state index contributed by atoms with van der Waals surface area (Å²) in [4.78, 5) is 43.5. The molecule has 1 N–H and O–H groups in total. The zero-order chi connectivity index (χ0) is 24.2. The van der Waals surface area contributed by atoms with Crippen molar-refractivity contribution in [1.82, 2.24) is 24.9 Å². The van der Waals surface area contributed by atoms with Crippen LogP contribution < -0.4 is 5.32 Å². The zero-order valence-corrected chi connectivity index (χ0v) is 20.3. The van der Waals surface area contributed by atoms with Crippen LogP contribution in [-0.2, 0) is 17.9 Å². The van der Waals surface area contributed by atoms with Gasteiger partial charge in [-0.3, -0.25) is 19.1 Å². The Labute approximate surface area is 206 Å². The summed E-state index contributed by atoms with van der Waals surface area (Å²) in [5, 5.41) is 7.73. The minimum atomic E-state index is -0.468. The van der Waals surface area contributed by atoms with Crippen molar-refractivity contribution in [2.75, 3.05) is 13.1 Å². The van der Waals surface area contributed by atoms with Crippen molar-refractivity contribution in [2.45, 2.75) is 83.0 Å². The molecule has 3 heterocycles. The van der Waals surface area contributed by atoms with Crippen LogP contribution in [0.4, 0.5) is 0 Å². The fourth-order valence-corrected chi connectivity index (χ4v) is 5.63. The Morgan fingerprint density at radius 1 is 0.914 bits per heavy atom. The van der Waals surface area contributed by atoms with Crippen molar-refractivity contribution in [2.24, 2.45) is 0 Å². The maximum Gasteiger partial charge on any atom is 0.275 e. The highest BCUT2D eigenvalue weighted by atomic mass is 16.2. The molecule has 8 nitrogen and oxygen atoms in total. The highest BCUT2D eigenvalue weighted by Crippen LogP contribution is 2.23. The van der Waals surface area contributed by atoms with Gasteiger partial charge in [-0.25, -0.2) is 0 Å². The minimum absolute atomic E-state index is 0.0455. The number of aryl methyl sites for hydroxylation is 1. The molecule has 1 unspecified atom stereocenters. The topological polar surface area (TPSA) is 87.5 Å². The third-order valence-corrected chi connectivity index (χ3v) is 7.54. The average molecular weight is 478 g/mol. The molecule has 1 saturated heterocycles. The van der Waals surface area contributed by atoms with E-state index in [1.165, 1.54) is 6.42 Å². The summed E-state index contributed by atoms with van der Waals surface area (Å²) in [5.41, 5.74) is 1.78. The molecule has 3 amide bonds. The van der Waals surface area contributed by atoms with Crippen LogP contribution in [0.25, 0.3) is 0 Å². The van der Waals surface area contributed by atoms with Crippen LogP contribution in [0.3, 0.4) is 0 Å². The molecule has 2 aliphatic heterocycles. The van der Waals surface area contributed by atoms with Crippen molar-refractivity contribution in [3.63, 3.8) is 0 Å². The molecule has 8 heteroatoms. The van der Waals surface area contributed by atoms with Gasteiger partial charge in [-0.15, -0.1) is 0 Å². The number of benzene rings is 1. The predicted molar refractivity (Wildman–Crippen MR) is 132 cm³/mol. The largest absolute Gasteiger partial charge is 0.352 e. The fraction of sp³-hybridized carbons (Fsp3) is 0.556. The van der Waals surface area contributed by atoms with Crippen LogP contribution in [0.2, 0.25) is 0 Å². The van der Waals surface area contributed by atoms with Crippen LogP contribution in [0, 0.1) is 0 Å². The van der Waals surface area contributed by atoms with Gasteiger partial charge in [0.25, 0.3) is 11.8 Å². The molecule has 2 fully saturated rings. The Balaban J connectivity index is 1.31. The highest BCUT2D eigenvalue weighted by molar-refractivity contribution is 5.99. The van der Waals surface area contributed by atoms with Gasteiger partial charge >= 0.3 is 0 Å². The summed E-state index contributed by atoms with van der Waals surface area (Å²) in [6.07, 6.45) is 8.80. The second kappa shape index (κ2) is 10.6. The van der Waals surface area contributed by atoms with Gasteiger partial charge in [0.15, 0.2) is 5.69 Å². The number of nitrogens with zero attached hydrogens (tertiary/aromatic N) is 4. The Morgan fingerprint density at radius 3 is 2.49 bits per heavy atom. The Morgan fingerprint density at radius 2 is 1.69 bits per heavy atom. The van der Waals surface area contributed by atoms with Crippen molar-refractivity contribution >= 4 is 17.7 Å². The molecular weight excluding hydrogens is 442 g/mol. The number of hydrogen-bond acceptors (Lipinski definition) is 4. The maximum absolute atomic E-state index is 13.5. The molecule has 35 heavy (non-hydrogen) atoms. The number of carbonyl (C=O) groups is 3. The van der Waals surface area contributed by atoms with E-state index >= 15 is 0 Å². The van der Waals surface area contributed by atoms with E-state index in [0.717, 1.165) is 50.5 Å². The van der Waals surface area contributed by atoms with Gasteiger partial charge in [0.2, 0.25) is 5.91 Å². The number of nitrogens with one attached hydrogen (secondary N) is 1. The van der Waals surface area contributed by atoms with Gasteiger partial charge in [0.1, 0.15) is 11.7 Å². The van der Waals surface area contributed by atoms with Crippen molar-refractivity contribution in [3.8, 4) is 0 Å². The van der Waals surface area contributed by atoms with Gasteiger partial charge in [0, 0.05) is 38.3 Å². The van der Waals surface area contributed by atoms with E-state index in [9.17, 15) is 14.4 Å². The molecule has 1 aromatic heterocycles. The van der Waals surface area contributed by atoms with Crippen LogP contribution in [-0.4, -0.2) is 62.5 Å². The normalized spacial score (nSPS) is 21.4. The van der Waals surface area contributed by atoms with Gasteiger partial charge < -0.3 is 15.1 Å². The number of fused-ring (bicyclic) bond motifs is 1. The van der Waals surface area contributed by atoms with Gasteiger partial charge in [-0.1, -0.05) is 49.6 Å². The quantitative estimate of drug-likeness (QED) is 0.715. The summed E-state index contributed by atoms with van der Waals surface area (Å²) in [6.45, 7) is 2.31. The average Bonchev–Trinajstić information content (AvgIpc) is 3.27. The standard InChI is InChI=1S/C27H35N5O3/c33-25(28-21-12-5-2-6-13-21)23-14-7-8-16-31(23)26(34)22-18-24-27(35)30(15-9-17-32(24)29-22)19-20-10-3-1-4-11-20/h1,3-4,10-11,18,21,23H,2,5-9,12-17,19H2,(H,28,33). The summed E-state index contributed by atoms with van der Waals surface area (Å²) in [5.74, 6) is -0.407. The van der Waals surface area contributed by atoms with Crippen molar-refractivity contribution in [1.29, 1.82) is 0 Å². The SMILES string of the molecule is O=C(NC1CCCCC1)C1CCCCN1C(=O)c1cc2n(n1)CCCN(Cc1ccccc1)C2=O. The van der Waals surface area contributed by atoms with Crippen LogP contribution >= 0.6 is 0 Å². The summed E-state index contributed by atoms with van der Waals surface area (Å²) in [7, 11) is 0. The number of carbonyl (C=O) groups excluding carboxylic acids is 3. The van der Waals surface area contributed by atoms with Crippen LogP contribution in [0.5, 0.6) is 0 Å². The Hall–Kier alpha value is -3.16. The molecule has 1 aromatic carbocycles. The molecule has 5 rings (SSSR count). The number of piperidine rings is 1. The van der Waals surface area contributed by atoms with Gasteiger partial charge in [-0.2, -0.15) is 5.10 Å². The second-order valence-corrected chi connectivity index (χ2v) is 10.1. The number of aromatic nitrogens is 2. The summed E-state index contributed by atoms with van der Waals surface area (Å²) in [6, 6.07) is 11.3. The van der Waals surface area contributed by atoms with E-state index in [1.807, 2.05) is 35.2 Å². The molecule has 2 aromatic rings. The van der Waals surface area contributed by atoms with E-state index in [2.05, 4.69) is 10.4 Å². The first-order valence-electron chi connectivity index (χ1n) is 13.1. The Kier molecular flexibility index (Phi) is 7.16. The Bertz CT molecular complexity index is 1060. The van der Waals surface area contributed by atoms with Crippen molar-refractivity contribution < 1.29 is 14.4 Å². The van der Waals surface area contributed by atoms with Crippen LogP contribution in [0.1, 0.15) is 84.3 Å². The molecule has 0 bridgehead atoms. The lowest BCUT2D eigenvalue weighted by Crippen LogP contribution is -2.54. The molecule has 1 aliphatic carbocycles. The number of rotatable bonds is 5. The maximum atomic E-state index is 13.5. The molecule has 1 atom stereocenters. The summed E-state index contributed by atoms with van der Waals surface area (Å²) < 4.78 is 1.67. The van der Waals surface area contributed by atoms with E-state index in [1.54, 1.807) is 15.6 Å². The lowest BCUT2D eigenvalue weighted by atomic mass is 9.94. The summed E-state index contributed by atoms with van der Waals surface area (Å²) >= 11 is 0. The minimum Gasteiger partial charge on any atom is -0.352 e. The number of hydrogen-bond donors (Lipinski definition) is 1. The fourth-order valence-electron chi connectivity index (χ4n) is 5.63. The van der Waals surface area contributed by atoms with E-state index in [-0.39, 0.29) is 29.5 Å². The lowest BCUT2D eigenvalue weighted by Gasteiger charge is -2.35. The first-order valence-corrected chi connectivity index (χ1v) is 13.1. The predicted octanol–water partition coefficient (Wildman–Crippen LogP) is 3.37. The van der Waals surface area contributed by atoms with E-state index in [4.69, 9.17) is 0 Å². The highest BCUT2D eigenvalue weighted by Gasteiger charge is 2.36. The number of amides is 3. The first-order chi connectivity index (χ1) is 17.1. The van der Waals surface area contributed by atoms with Gasteiger partial charge in [-0.05, 0) is 44.1 Å². The van der Waals surface area contributed by atoms with Crippen LogP contribution in [0.15, 0.2) is 36.4 Å². The third kappa shape index (κ3) is 5.26.